The summed E-state index contributed by atoms with van der Waals surface area (Å²) in [5.74, 6) is -0.965. The highest BCUT2D eigenvalue weighted by molar-refractivity contribution is 7.10. The van der Waals surface area contributed by atoms with Gasteiger partial charge in [0.1, 0.15) is 11.6 Å². The van der Waals surface area contributed by atoms with Crippen LogP contribution in [0.5, 0.6) is 0 Å². The molecule has 1 nitrogen and oxygen atoms in total. The summed E-state index contributed by atoms with van der Waals surface area (Å²) in [4.78, 5) is 1.13. The molecule has 0 spiro atoms. The van der Waals surface area contributed by atoms with Gasteiger partial charge in [0, 0.05) is 10.4 Å². The van der Waals surface area contributed by atoms with Crippen LogP contribution >= 0.6 is 11.3 Å². The number of nitrogens with one attached hydrogen (secondary N) is 1. The van der Waals surface area contributed by atoms with Crippen molar-refractivity contribution in [1.82, 2.24) is 5.32 Å². The normalized spacial score (nSPS) is 12.7. The molecule has 2 rings (SSSR count). The summed E-state index contributed by atoms with van der Waals surface area (Å²) in [5, 5.41) is 5.11. The first-order valence-electron chi connectivity index (χ1n) is 6.27. The molecule has 102 valence electrons. The second-order valence-electron chi connectivity index (χ2n) is 4.57. The quantitative estimate of drug-likeness (QED) is 0.879. The van der Waals surface area contributed by atoms with Gasteiger partial charge in [-0.05, 0) is 49.0 Å². The van der Waals surface area contributed by atoms with Crippen molar-refractivity contribution in [3.8, 4) is 0 Å². The number of rotatable bonds is 4. The third kappa shape index (κ3) is 2.85. The second-order valence-corrected chi connectivity index (χ2v) is 5.69. The lowest BCUT2D eigenvalue weighted by atomic mass is 9.97. The van der Waals surface area contributed by atoms with E-state index in [0.29, 0.717) is 12.1 Å². The van der Waals surface area contributed by atoms with Crippen molar-refractivity contribution < 1.29 is 8.78 Å². The van der Waals surface area contributed by atoms with Crippen LogP contribution in [-0.4, -0.2) is 6.54 Å². The summed E-state index contributed by atoms with van der Waals surface area (Å²) < 4.78 is 28.3. The Kier molecular flexibility index (Phi) is 4.32. The van der Waals surface area contributed by atoms with Gasteiger partial charge in [-0.1, -0.05) is 13.0 Å². The van der Waals surface area contributed by atoms with Gasteiger partial charge in [-0.15, -0.1) is 11.3 Å². The Bertz CT molecular complexity index is 578. The fraction of sp³-hybridized carbons (Fsp3) is 0.333. The Balaban J connectivity index is 2.53. The number of thiophene rings is 1. The lowest BCUT2D eigenvalue weighted by Crippen LogP contribution is -2.24. The zero-order valence-electron chi connectivity index (χ0n) is 11.3. The molecule has 1 unspecified atom stereocenters. The van der Waals surface area contributed by atoms with Gasteiger partial charge < -0.3 is 5.32 Å². The highest BCUT2D eigenvalue weighted by Crippen LogP contribution is 2.30. The number of benzene rings is 1. The smallest absolute Gasteiger partial charge is 0.134 e. The molecular formula is C15H17F2NS. The monoisotopic (exact) mass is 281 g/mol. The topological polar surface area (TPSA) is 12.0 Å². The van der Waals surface area contributed by atoms with Gasteiger partial charge in [0.2, 0.25) is 0 Å². The SMILES string of the molecule is CCNC(c1csc(C)c1)c1c(F)ccc(C)c1F. The number of halogens is 2. The standard InChI is InChI=1S/C15H17F2NS/c1-4-18-15(11-7-10(3)19-8-11)13-12(16)6-5-9(2)14(13)17/h5-8,15,18H,4H2,1-3H3. The summed E-state index contributed by atoms with van der Waals surface area (Å²) in [6, 6.07) is 4.34. The molecule has 4 heteroatoms. The molecule has 19 heavy (non-hydrogen) atoms. The molecule has 0 radical (unpaired) electrons. The Hall–Kier alpha value is -1.26. The van der Waals surface area contributed by atoms with E-state index in [-0.39, 0.29) is 5.56 Å². The Morgan fingerprint density at radius 3 is 2.58 bits per heavy atom. The molecule has 1 heterocycles. The van der Waals surface area contributed by atoms with Crippen LogP contribution in [0.25, 0.3) is 0 Å². The van der Waals surface area contributed by atoms with Crippen LogP contribution in [0.4, 0.5) is 8.78 Å². The lowest BCUT2D eigenvalue weighted by Gasteiger charge is -2.19. The summed E-state index contributed by atoms with van der Waals surface area (Å²) in [7, 11) is 0. The summed E-state index contributed by atoms with van der Waals surface area (Å²) in [5.41, 5.74) is 1.48. The van der Waals surface area contributed by atoms with Gasteiger partial charge in [0.15, 0.2) is 0 Å². The molecule has 0 aliphatic heterocycles. The lowest BCUT2D eigenvalue weighted by molar-refractivity contribution is 0.507. The fourth-order valence-electron chi connectivity index (χ4n) is 2.15. The van der Waals surface area contributed by atoms with Gasteiger partial charge >= 0.3 is 0 Å². The highest BCUT2D eigenvalue weighted by atomic mass is 32.1. The minimum atomic E-state index is -0.502. The molecule has 0 aliphatic rings. The van der Waals surface area contributed by atoms with Crippen molar-refractivity contribution in [3.05, 3.63) is 56.8 Å². The van der Waals surface area contributed by atoms with E-state index in [9.17, 15) is 8.78 Å². The maximum Gasteiger partial charge on any atom is 0.134 e. The molecule has 1 atom stereocenters. The molecule has 2 aromatic rings. The van der Waals surface area contributed by atoms with Crippen LogP contribution in [0.15, 0.2) is 23.6 Å². The van der Waals surface area contributed by atoms with E-state index in [1.165, 1.54) is 12.1 Å². The maximum absolute atomic E-state index is 14.3. The number of hydrogen-bond acceptors (Lipinski definition) is 2. The van der Waals surface area contributed by atoms with Crippen molar-refractivity contribution in [1.29, 1.82) is 0 Å². The van der Waals surface area contributed by atoms with E-state index in [1.807, 2.05) is 25.3 Å². The van der Waals surface area contributed by atoms with Crippen LogP contribution in [0, 0.1) is 25.5 Å². The largest absolute Gasteiger partial charge is 0.306 e. The molecule has 1 N–H and O–H groups in total. The van der Waals surface area contributed by atoms with E-state index < -0.39 is 17.7 Å². The van der Waals surface area contributed by atoms with E-state index in [0.717, 1.165) is 10.4 Å². The fourth-order valence-corrected chi connectivity index (χ4v) is 2.88. The van der Waals surface area contributed by atoms with Gasteiger partial charge in [0.05, 0.1) is 6.04 Å². The van der Waals surface area contributed by atoms with Gasteiger partial charge in [-0.3, -0.25) is 0 Å². The van der Waals surface area contributed by atoms with E-state index in [2.05, 4.69) is 5.32 Å². The van der Waals surface area contributed by atoms with Crippen molar-refractivity contribution in [3.63, 3.8) is 0 Å². The van der Waals surface area contributed by atoms with Crippen molar-refractivity contribution >= 4 is 11.3 Å². The van der Waals surface area contributed by atoms with Crippen LogP contribution < -0.4 is 5.32 Å². The molecule has 0 bridgehead atoms. The summed E-state index contributed by atoms with van der Waals surface area (Å²) >= 11 is 1.58. The first kappa shape index (κ1) is 14.2. The third-order valence-corrected chi connectivity index (χ3v) is 3.98. The van der Waals surface area contributed by atoms with Gasteiger partial charge in [-0.25, -0.2) is 8.78 Å². The number of aryl methyl sites for hydroxylation is 2. The minimum Gasteiger partial charge on any atom is -0.306 e. The zero-order chi connectivity index (χ0) is 14.0. The van der Waals surface area contributed by atoms with E-state index in [1.54, 1.807) is 18.3 Å². The van der Waals surface area contributed by atoms with Crippen molar-refractivity contribution in [2.45, 2.75) is 26.8 Å². The molecule has 0 saturated heterocycles. The Labute approximate surface area is 116 Å². The molecular weight excluding hydrogens is 264 g/mol. The molecule has 0 aliphatic carbocycles. The predicted molar refractivity (Wildman–Crippen MR) is 75.7 cm³/mol. The average Bonchev–Trinajstić information content (AvgIpc) is 2.80. The first-order valence-corrected chi connectivity index (χ1v) is 7.15. The average molecular weight is 281 g/mol. The molecule has 1 aromatic heterocycles. The minimum absolute atomic E-state index is 0.111. The van der Waals surface area contributed by atoms with Crippen LogP contribution in [0.2, 0.25) is 0 Å². The first-order chi connectivity index (χ1) is 9.04. The molecule has 1 aromatic carbocycles. The summed E-state index contributed by atoms with van der Waals surface area (Å²) in [6.07, 6.45) is 0. The zero-order valence-corrected chi connectivity index (χ0v) is 12.1. The molecule has 0 fully saturated rings. The van der Waals surface area contributed by atoms with Crippen LogP contribution in [0.3, 0.4) is 0 Å². The predicted octanol–water partition coefficient (Wildman–Crippen LogP) is 4.34. The Morgan fingerprint density at radius 1 is 1.26 bits per heavy atom. The third-order valence-electron chi connectivity index (χ3n) is 3.10. The van der Waals surface area contributed by atoms with E-state index >= 15 is 0 Å². The summed E-state index contributed by atoms with van der Waals surface area (Å²) in [6.45, 7) is 6.21. The molecule has 0 amide bonds. The van der Waals surface area contributed by atoms with Gasteiger partial charge in [-0.2, -0.15) is 0 Å². The second kappa shape index (κ2) is 5.80. The maximum atomic E-state index is 14.3. The number of hydrogen-bond donors (Lipinski definition) is 1. The highest BCUT2D eigenvalue weighted by Gasteiger charge is 2.23. The van der Waals surface area contributed by atoms with E-state index in [4.69, 9.17) is 0 Å². The van der Waals surface area contributed by atoms with Crippen molar-refractivity contribution in [2.24, 2.45) is 0 Å². The van der Waals surface area contributed by atoms with Gasteiger partial charge in [0.25, 0.3) is 0 Å². The van der Waals surface area contributed by atoms with Crippen LogP contribution in [-0.2, 0) is 0 Å². The van der Waals surface area contributed by atoms with Crippen LogP contribution in [0.1, 0.15) is 34.5 Å². The Morgan fingerprint density at radius 2 is 2.00 bits per heavy atom. The molecule has 0 saturated carbocycles. The van der Waals surface area contributed by atoms with Crippen molar-refractivity contribution in [2.75, 3.05) is 6.54 Å².